The van der Waals surface area contributed by atoms with Crippen molar-refractivity contribution in [3.05, 3.63) is 35.6 Å². The van der Waals surface area contributed by atoms with E-state index in [4.69, 9.17) is 0 Å². The number of benzene rings is 1. The smallest absolute Gasteiger partial charge is 0.233 e. The lowest BCUT2D eigenvalue weighted by atomic mass is 9.77. The Balaban J connectivity index is 1.89. The highest BCUT2D eigenvalue weighted by Crippen LogP contribution is 2.42. The Morgan fingerprint density at radius 1 is 1.05 bits per heavy atom. The first-order valence-electron chi connectivity index (χ1n) is 7.98. The van der Waals surface area contributed by atoms with Crippen LogP contribution in [0, 0.1) is 5.82 Å². The molecule has 0 atom stereocenters. The largest absolute Gasteiger partial charge is 0.341 e. The van der Waals surface area contributed by atoms with E-state index in [1.165, 1.54) is 12.1 Å². The third-order valence-corrected chi connectivity index (χ3v) is 4.89. The number of rotatable bonds is 2. The molecule has 1 heterocycles. The minimum atomic E-state index is -0.419. The summed E-state index contributed by atoms with van der Waals surface area (Å²) in [6.45, 7) is 3.45. The molecule has 1 amide bonds. The number of hydrogen-bond donors (Lipinski definition) is 1. The summed E-state index contributed by atoms with van der Waals surface area (Å²) in [5.74, 6) is 0.00799. The van der Waals surface area contributed by atoms with Crippen LogP contribution in [0.1, 0.15) is 37.7 Å². The van der Waals surface area contributed by atoms with Crippen LogP contribution in [-0.2, 0) is 10.2 Å². The van der Waals surface area contributed by atoms with E-state index in [-0.39, 0.29) is 11.7 Å². The quantitative estimate of drug-likeness (QED) is 0.907. The molecule has 0 spiro atoms. The summed E-state index contributed by atoms with van der Waals surface area (Å²) < 4.78 is 13.2. The number of hydrogen-bond acceptors (Lipinski definition) is 2. The predicted molar refractivity (Wildman–Crippen MR) is 80.6 cm³/mol. The van der Waals surface area contributed by atoms with Crippen LogP contribution in [0.15, 0.2) is 24.3 Å². The van der Waals surface area contributed by atoms with Crippen LogP contribution in [0.3, 0.4) is 0 Å². The van der Waals surface area contributed by atoms with Crippen LogP contribution >= 0.6 is 0 Å². The van der Waals surface area contributed by atoms with Crippen molar-refractivity contribution in [2.75, 3.05) is 26.2 Å². The summed E-state index contributed by atoms with van der Waals surface area (Å²) in [6, 6.07) is 6.56. The van der Waals surface area contributed by atoms with Gasteiger partial charge in [-0.05, 0) is 43.5 Å². The van der Waals surface area contributed by atoms with E-state index in [0.717, 1.165) is 63.8 Å². The van der Waals surface area contributed by atoms with Crippen LogP contribution in [0.4, 0.5) is 4.39 Å². The molecule has 1 saturated carbocycles. The van der Waals surface area contributed by atoms with Crippen LogP contribution in [0.5, 0.6) is 0 Å². The summed E-state index contributed by atoms with van der Waals surface area (Å²) in [4.78, 5) is 15.2. The van der Waals surface area contributed by atoms with Crippen molar-refractivity contribution < 1.29 is 9.18 Å². The molecule has 1 aliphatic carbocycles. The number of halogens is 1. The van der Waals surface area contributed by atoms with Crippen molar-refractivity contribution in [1.82, 2.24) is 10.2 Å². The summed E-state index contributed by atoms with van der Waals surface area (Å²) in [6.07, 6.45) is 4.94. The molecule has 1 aromatic carbocycles. The van der Waals surface area contributed by atoms with E-state index in [0.29, 0.717) is 0 Å². The third-order valence-electron chi connectivity index (χ3n) is 4.89. The summed E-state index contributed by atoms with van der Waals surface area (Å²) in [7, 11) is 0. The Bertz CT molecular complexity index is 486. The van der Waals surface area contributed by atoms with Gasteiger partial charge >= 0.3 is 0 Å². The van der Waals surface area contributed by atoms with Crippen molar-refractivity contribution >= 4 is 5.91 Å². The molecule has 0 aromatic heterocycles. The van der Waals surface area contributed by atoms with Gasteiger partial charge in [-0.25, -0.2) is 4.39 Å². The fourth-order valence-electron chi connectivity index (χ4n) is 3.72. The highest BCUT2D eigenvalue weighted by molar-refractivity contribution is 5.88. The molecule has 1 aromatic rings. The maximum atomic E-state index is 13.2. The van der Waals surface area contributed by atoms with Crippen molar-refractivity contribution in [3.63, 3.8) is 0 Å². The fraction of sp³-hybridized carbons (Fsp3) is 0.588. The molecule has 4 heteroatoms. The normalized spacial score (nSPS) is 22.0. The highest BCUT2D eigenvalue weighted by Gasteiger charge is 2.44. The number of carbonyl (C=O) groups is 1. The average Bonchev–Trinajstić information content (AvgIpc) is 2.84. The monoisotopic (exact) mass is 290 g/mol. The van der Waals surface area contributed by atoms with Crippen LogP contribution in [0.25, 0.3) is 0 Å². The van der Waals surface area contributed by atoms with Crippen molar-refractivity contribution in [3.8, 4) is 0 Å². The molecule has 1 N–H and O–H groups in total. The summed E-state index contributed by atoms with van der Waals surface area (Å²) in [5, 5.41) is 3.34. The second-order valence-electron chi connectivity index (χ2n) is 6.19. The van der Waals surface area contributed by atoms with E-state index in [1.54, 1.807) is 12.1 Å². The molecule has 2 fully saturated rings. The van der Waals surface area contributed by atoms with Crippen LogP contribution in [0.2, 0.25) is 0 Å². The van der Waals surface area contributed by atoms with Gasteiger partial charge in [0.15, 0.2) is 0 Å². The Labute approximate surface area is 125 Å². The van der Waals surface area contributed by atoms with Gasteiger partial charge < -0.3 is 10.2 Å². The zero-order chi connectivity index (χ0) is 14.7. The lowest BCUT2D eigenvalue weighted by Gasteiger charge is -2.34. The number of carbonyl (C=O) groups excluding carboxylic acids is 1. The fourth-order valence-corrected chi connectivity index (χ4v) is 3.72. The van der Waals surface area contributed by atoms with Gasteiger partial charge in [-0.3, -0.25) is 4.79 Å². The van der Waals surface area contributed by atoms with Gasteiger partial charge in [-0.1, -0.05) is 25.0 Å². The van der Waals surface area contributed by atoms with Gasteiger partial charge in [-0.15, -0.1) is 0 Å². The molecule has 1 aliphatic heterocycles. The molecule has 0 bridgehead atoms. The minimum absolute atomic E-state index is 0.238. The summed E-state index contributed by atoms with van der Waals surface area (Å²) in [5.41, 5.74) is 0.571. The maximum absolute atomic E-state index is 13.2. The second-order valence-corrected chi connectivity index (χ2v) is 6.19. The van der Waals surface area contributed by atoms with E-state index in [9.17, 15) is 9.18 Å². The zero-order valence-corrected chi connectivity index (χ0v) is 12.4. The molecule has 1 saturated heterocycles. The highest BCUT2D eigenvalue weighted by atomic mass is 19.1. The standard InChI is InChI=1S/C17H23FN2O/c18-15-6-4-14(5-7-15)17(8-1-2-9-17)16(21)20-12-3-10-19-11-13-20/h4-7,19H,1-3,8-13H2. The van der Waals surface area contributed by atoms with Crippen LogP contribution < -0.4 is 5.32 Å². The van der Waals surface area contributed by atoms with Crippen molar-refractivity contribution in [1.29, 1.82) is 0 Å². The number of amides is 1. The topological polar surface area (TPSA) is 32.3 Å². The average molecular weight is 290 g/mol. The molecule has 2 aliphatic rings. The molecular formula is C17H23FN2O. The maximum Gasteiger partial charge on any atom is 0.233 e. The molecule has 21 heavy (non-hydrogen) atoms. The third kappa shape index (κ3) is 2.82. The van der Waals surface area contributed by atoms with Crippen molar-refractivity contribution in [2.24, 2.45) is 0 Å². The molecule has 0 radical (unpaired) electrons. The molecular weight excluding hydrogens is 267 g/mol. The van der Waals surface area contributed by atoms with E-state index < -0.39 is 5.41 Å². The second kappa shape index (κ2) is 6.14. The van der Waals surface area contributed by atoms with Crippen molar-refractivity contribution in [2.45, 2.75) is 37.5 Å². The molecule has 0 unspecified atom stereocenters. The zero-order valence-electron chi connectivity index (χ0n) is 12.4. The SMILES string of the molecule is O=C(N1CCCNCC1)C1(c2ccc(F)cc2)CCCC1. The Morgan fingerprint density at radius 2 is 1.76 bits per heavy atom. The lowest BCUT2D eigenvalue weighted by Crippen LogP contribution is -2.46. The number of nitrogens with one attached hydrogen (secondary N) is 1. The molecule has 114 valence electrons. The first kappa shape index (κ1) is 14.5. The predicted octanol–water partition coefficient (Wildman–Crippen LogP) is 2.46. The van der Waals surface area contributed by atoms with Gasteiger partial charge in [0.2, 0.25) is 5.91 Å². The van der Waals surface area contributed by atoms with E-state index in [1.807, 2.05) is 4.90 Å². The van der Waals surface area contributed by atoms with Gasteiger partial charge in [0, 0.05) is 19.6 Å². The van der Waals surface area contributed by atoms with E-state index >= 15 is 0 Å². The Kier molecular flexibility index (Phi) is 4.24. The van der Waals surface area contributed by atoms with Crippen LogP contribution in [-0.4, -0.2) is 37.0 Å². The summed E-state index contributed by atoms with van der Waals surface area (Å²) >= 11 is 0. The molecule has 3 nitrogen and oxygen atoms in total. The first-order chi connectivity index (χ1) is 10.2. The Hall–Kier alpha value is -1.42. The minimum Gasteiger partial charge on any atom is -0.341 e. The number of nitrogens with zero attached hydrogens (tertiary/aromatic N) is 1. The van der Waals surface area contributed by atoms with Gasteiger partial charge in [0.05, 0.1) is 5.41 Å². The van der Waals surface area contributed by atoms with Gasteiger partial charge in [0.25, 0.3) is 0 Å². The van der Waals surface area contributed by atoms with Gasteiger partial charge in [0.1, 0.15) is 5.82 Å². The lowest BCUT2D eigenvalue weighted by molar-refractivity contribution is -0.137. The Morgan fingerprint density at radius 3 is 2.48 bits per heavy atom. The first-order valence-corrected chi connectivity index (χ1v) is 7.98. The molecule has 3 rings (SSSR count). The van der Waals surface area contributed by atoms with Gasteiger partial charge in [-0.2, -0.15) is 0 Å². The van der Waals surface area contributed by atoms with E-state index in [2.05, 4.69) is 5.32 Å².